The predicted octanol–water partition coefficient (Wildman–Crippen LogP) is 2.54. The lowest BCUT2D eigenvalue weighted by molar-refractivity contribution is 0.122. The number of aryl methyl sites for hydroxylation is 1. The SMILES string of the molecule is CCCCCCC(C)(CN)N(C)Cc1cnn(C)c1. The van der Waals surface area contributed by atoms with Crippen molar-refractivity contribution in [2.45, 2.75) is 58.0 Å². The van der Waals surface area contributed by atoms with Crippen molar-refractivity contribution < 1.29 is 0 Å². The lowest BCUT2D eigenvalue weighted by atomic mass is 9.92. The second kappa shape index (κ2) is 7.65. The minimum atomic E-state index is 0.0869. The predicted molar refractivity (Wildman–Crippen MR) is 80.9 cm³/mol. The molecule has 2 N–H and O–H groups in total. The van der Waals surface area contributed by atoms with Gasteiger partial charge in [0.1, 0.15) is 0 Å². The first-order valence-electron chi connectivity index (χ1n) is 7.40. The van der Waals surface area contributed by atoms with Gasteiger partial charge in [-0.1, -0.05) is 32.6 Å². The van der Waals surface area contributed by atoms with Crippen LogP contribution < -0.4 is 5.73 Å². The summed E-state index contributed by atoms with van der Waals surface area (Å²) in [6.07, 6.45) is 10.4. The van der Waals surface area contributed by atoms with Crippen LogP contribution >= 0.6 is 0 Å². The molecule has 19 heavy (non-hydrogen) atoms. The second-order valence-electron chi connectivity index (χ2n) is 5.89. The molecule has 1 unspecified atom stereocenters. The molecular formula is C15H30N4. The third kappa shape index (κ3) is 4.96. The van der Waals surface area contributed by atoms with Gasteiger partial charge in [0.15, 0.2) is 0 Å². The first-order chi connectivity index (χ1) is 9.01. The van der Waals surface area contributed by atoms with Crippen molar-refractivity contribution in [2.24, 2.45) is 12.8 Å². The van der Waals surface area contributed by atoms with Crippen LogP contribution in [0.15, 0.2) is 12.4 Å². The Labute approximate surface area is 118 Å². The first kappa shape index (κ1) is 16.2. The standard InChI is InChI=1S/C15H30N4/c1-5-6-7-8-9-15(2,13-16)18(3)11-14-10-17-19(4)12-14/h10,12H,5-9,11,13,16H2,1-4H3. The zero-order valence-electron chi connectivity index (χ0n) is 13.0. The number of aromatic nitrogens is 2. The van der Waals surface area contributed by atoms with E-state index in [2.05, 4.69) is 37.1 Å². The quantitative estimate of drug-likeness (QED) is 0.699. The van der Waals surface area contributed by atoms with Crippen molar-refractivity contribution in [2.75, 3.05) is 13.6 Å². The van der Waals surface area contributed by atoms with Crippen LogP contribution in [0.4, 0.5) is 0 Å². The number of hydrogen-bond acceptors (Lipinski definition) is 3. The molecule has 0 saturated carbocycles. The molecular weight excluding hydrogens is 236 g/mol. The molecule has 0 aliphatic carbocycles. The number of unbranched alkanes of at least 4 members (excludes halogenated alkanes) is 3. The Kier molecular flexibility index (Phi) is 6.52. The van der Waals surface area contributed by atoms with E-state index >= 15 is 0 Å². The molecule has 0 amide bonds. The average Bonchev–Trinajstić information content (AvgIpc) is 2.79. The van der Waals surface area contributed by atoms with E-state index in [1.165, 1.54) is 37.7 Å². The number of likely N-dealkylation sites (N-methyl/N-ethyl adjacent to an activating group) is 1. The second-order valence-corrected chi connectivity index (χ2v) is 5.89. The molecule has 110 valence electrons. The summed E-state index contributed by atoms with van der Waals surface area (Å²) in [5.74, 6) is 0. The Bertz CT molecular complexity index is 361. The highest BCUT2D eigenvalue weighted by Crippen LogP contribution is 2.22. The summed E-state index contributed by atoms with van der Waals surface area (Å²) >= 11 is 0. The first-order valence-corrected chi connectivity index (χ1v) is 7.40. The summed E-state index contributed by atoms with van der Waals surface area (Å²) < 4.78 is 1.85. The maximum absolute atomic E-state index is 6.02. The molecule has 0 aliphatic heterocycles. The maximum Gasteiger partial charge on any atom is 0.0534 e. The van der Waals surface area contributed by atoms with E-state index in [0.29, 0.717) is 6.54 Å². The molecule has 1 aromatic heterocycles. The molecule has 0 spiro atoms. The van der Waals surface area contributed by atoms with Crippen molar-refractivity contribution >= 4 is 0 Å². The van der Waals surface area contributed by atoms with E-state index in [9.17, 15) is 0 Å². The highest BCUT2D eigenvalue weighted by Gasteiger charge is 2.27. The van der Waals surface area contributed by atoms with Gasteiger partial charge in [0.05, 0.1) is 6.20 Å². The van der Waals surface area contributed by atoms with Crippen LogP contribution in [-0.4, -0.2) is 33.8 Å². The molecule has 0 bridgehead atoms. The van der Waals surface area contributed by atoms with Crippen molar-refractivity contribution in [3.05, 3.63) is 18.0 Å². The molecule has 0 radical (unpaired) electrons. The molecule has 0 fully saturated rings. The van der Waals surface area contributed by atoms with E-state index in [-0.39, 0.29) is 5.54 Å². The van der Waals surface area contributed by atoms with Crippen molar-refractivity contribution in [1.82, 2.24) is 14.7 Å². The van der Waals surface area contributed by atoms with Crippen LogP contribution in [0.1, 0.15) is 51.5 Å². The van der Waals surface area contributed by atoms with Crippen molar-refractivity contribution in [1.29, 1.82) is 0 Å². The van der Waals surface area contributed by atoms with Crippen LogP contribution in [0.5, 0.6) is 0 Å². The normalized spacial score (nSPS) is 14.8. The molecule has 4 nitrogen and oxygen atoms in total. The van der Waals surface area contributed by atoms with Crippen LogP contribution in [0.3, 0.4) is 0 Å². The van der Waals surface area contributed by atoms with Crippen molar-refractivity contribution in [3.8, 4) is 0 Å². The monoisotopic (exact) mass is 266 g/mol. The van der Waals surface area contributed by atoms with Gasteiger partial charge in [0.25, 0.3) is 0 Å². The van der Waals surface area contributed by atoms with E-state index < -0.39 is 0 Å². The van der Waals surface area contributed by atoms with Crippen LogP contribution in [-0.2, 0) is 13.6 Å². The van der Waals surface area contributed by atoms with Crippen LogP contribution in [0.25, 0.3) is 0 Å². The van der Waals surface area contributed by atoms with E-state index in [1.54, 1.807) is 0 Å². The summed E-state index contributed by atoms with van der Waals surface area (Å²) in [6, 6.07) is 0. The Morgan fingerprint density at radius 3 is 2.63 bits per heavy atom. The van der Waals surface area contributed by atoms with Gasteiger partial charge in [-0.2, -0.15) is 5.10 Å². The fourth-order valence-corrected chi connectivity index (χ4v) is 2.40. The van der Waals surface area contributed by atoms with E-state index in [0.717, 1.165) is 6.54 Å². The Hall–Kier alpha value is -0.870. The fraction of sp³-hybridized carbons (Fsp3) is 0.800. The zero-order chi connectivity index (χ0) is 14.3. The topological polar surface area (TPSA) is 47.1 Å². The van der Waals surface area contributed by atoms with Crippen LogP contribution in [0.2, 0.25) is 0 Å². The molecule has 0 aromatic carbocycles. The van der Waals surface area contributed by atoms with Gasteiger partial charge in [0.2, 0.25) is 0 Å². The fourth-order valence-electron chi connectivity index (χ4n) is 2.40. The Balaban J connectivity index is 2.51. The Morgan fingerprint density at radius 1 is 1.37 bits per heavy atom. The largest absolute Gasteiger partial charge is 0.329 e. The average molecular weight is 266 g/mol. The molecule has 1 atom stereocenters. The molecule has 4 heteroatoms. The third-order valence-electron chi connectivity index (χ3n) is 4.11. The van der Waals surface area contributed by atoms with E-state index in [1.807, 2.05) is 17.9 Å². The van der Waals surface area contributed by atoms with Gasteiger partial charge >= 0.3 is 0 Å². The van der Waals surface area contributed by atoms with Gasteiger partial charge in [-0.25, -0.2) is 0 Å². The molecule has 0 aliphatic rings. The van der Waals surface area contributed by atoms with Gasteiger partial charge in [-0.05, 0) is 20.4 Å². The molecule has 1 heterocycles. The molecule has 1 aromatic rings. The Morgan fingerprint density at radius 2 is 2.11 bits per heavy atom. The zero-order valence-corrected chi connectivity index (χ0v) is 13.0. The van der Waals surface area contributed by atoms with Gasteiger partial charge < -0.3 is 5.73 Å². The number of nitrogens with two attached hydrogens (primary N) is 1. The molecule has 1 rings (SSSR count). The van der Waals surface area contributed by atoms with Crippen molar-refractivity contribution in [3.63, 3.8) is 0 Å². The lowest BCUT2D eigenvalue weighted by Crippen LogP contribution is -2.49. The summed E-state index contributed by atoms with van der Waals surface area (Å²) in [4.78, 5) is 2.37. The van der Waals surface area contributed by atoms with Gasteiger partial charge in [-0.3, -0.25) is 9.58 Å². The highest BCUT2D eigenvalue weighted by atomic mass is 15.2. The summed E-state index contributed by atoms with van der Waals surface area (Å²) in [6.45, 7) is 6.14. The van der Waals surface area contributed by atoms with Crippen LogP contribution in [0, 0.1) is 0 Å². The number of rotatable bonds is 9. The summed E-state index contributed by atoms with van der Waals surface area (Å²) in [5.41, 5.74) is 7.35. The smallest absolute Gasteiger partial charge is 0.0534 e. The van der Waals surface area contributed by atoms with Gasteiger partial charge in [-0.15, -0.1) is 0 Å². The number of hydrogen-bond donors (Lipinski definition) is 1. The van der Waals surface area contributed by atoms with Gasteiger partial charge in [0, 0.05) is 37.4 Å². The minimum absolute atomic E-state index is 0.0869. The maximum atomic E-state index is 6.02. The summed E-state index contributed by atoms with van der Waals surface area (Å²) in [7, 11) is 4.12. The lowest BCUT2D eigenvalue weighted by Gasteiger charge is -2.38. The van der Waals surface area contributed by atoms with E-state index in [4.69, 9.17) is 5.73 Å². The number of nitrogens with zero attached hydrogens (tertiary/aromatic N) is 3. The molecule has 0 saturated heterocycles. The highest BCUT2D eigenvalue weighted by molar-refractivity contribution is 5.04. The summed E-state index contributed by atoms with van der Waals surface area (Å²) in [5, 5.41) is 4.22. The minimum Gasteiger partial charge on any atom is -0.329 e. The third-order valence-corrected chi connectivity index (χ3v) is 4.11.